The molecule has 1 amide bonds. The number of fused-ring (bicyclic) bond motifs is 1. The van der Waals surface area contributed by atoms with Gasteiger partial charge in [0, 0.05) is 24.9 Å². The Morgan fingerprint density at radius 3 is 2.82 bits per heavy atom. The van der Waals surface area contributed by atoms with E-state index in [9.17, 15) is 9.59 Å². The average Bonchev–Trinajstić information content (AvgIpc) is 2.33. The van der Waals surface area contributed by atoms with Crippen LogP contribution in [0.3, 0.4) is 0 Å². The van der Waals surface area contributed by atoms with Crippen LogP contribution in [0.4, 0.5) is 0 Å². The number of ketones is 1. The Morgan fingerprint density at radius 1 is 1.24 bits per heavy atom. The van der Waals surface area contributed by atoms with E-state index in [4.69, 9.17) is 11.6 Å². The molecule has 0 aromatic heterocycles. The maximum Gasteiger partial charge on any atom is 0.221 e. The lowest BCUT2D eigenvalue weighted by atomic mass is 9.96. The van der Waals surface area contributed by atoms with Crippen LogP contribution in [0.25, 0.3) is 0 Å². The molecule has 1 atom stereocenters. The maximum absolute atomic E-state index is 12.0. The Morgan fingerprint density at radius 2 is 2.00 bits per heavy atom. The summed E-state index contributed by atoms with van der Waals surface area (Å²) in [6, 6.07) is 7.27. The van der Waals surface area contributed by atoms with Crippen LogP contribution in [0.2, 0.25) is 0 Å². The molecule has 1 aliphatic rings. The van der Waals surface area contributed by atoms with E-state index < -0.39 is 5.38 Å². The fourth-order valence-electron chi connectivity index (χ4n) is 1.98. The van der Waals surface area contributed by atoms with Gasteiger partial charge in [-0.3, -0.25) is 9.59 Å². The summed E-state index contributed by atoms with van der Waals surface area (Å²) in [5.74, 6) is 0.0385. The van der Waals surface area contributed by atoms with E-state index in [1.807, 2.05) is 18.2 Å². The van der Waals surface area contributed by atoms with Gasteiger partial charge in [-0.15, -0.1) is 11.6 Å². The fourth-order valence-corrected chi connectivity index (χ4v) is 2.31. The standard InChI is InChI=1S/C13H14ClNO2/c14-11-8-13(17)15-7-3-6-12(16)10-5-2-1-4-9(10)11/h1-2,4-5,11H,3,6-8H2,(H,15,17). The molecule has 2 rings (SSSR count). The summed E-state index contributed by atoms with van der Waals surface area (Å²) in [5.41, 5.74) is 1.42. The molecule has 4 heteroatoms. The van der Waals surface area contributed by atoms with Gasteiger partial charge in [0.1, 0.15) is 0 Å². The van der Waals surface area contributed by atoms with Crippen LogP contribution >= 0.6 is 11.6 Å². The number of hydrogen-bond acceptors (Lipinski definition) is 2. The van der Waals surface area contributed by atoms with E-state index in [1.54, 1.807) is 6.07 Å². The number of amides is 1. The van der Waals surface area contributed by atoms with Gasteiger partial charge in [-0.2, -0.15) is 0 Å². The van der Waals surface area contributed by atoms with E-state index in [2.05, 4.69) is 5.32 Å². The molecule has 0 bridgehead atoms. The molecule has 0 aliphatic carbocycles. The third-order valence-corrected chi connectivity index (χ3v) is 3.26. The van der Waals surface area contributed by atoms with Crippen LogP contribution in [0.15, 0.2) is 24.3 Å². The zero-order valence-corrected chi connectivity index (χ0v) is 10.2. The highest BCUT2D eigenvalue weighted by Gasteiger charge is 2.20. The molecule has 0 saturated heterocycles. The molecule has 1 unspecified atom stereocenters. The van der Waals surface area contributed by atoms with Crippen LogP contribution in [-0.4, -0.2) is 18.2 Å². The quantitative estimate of drug-likeness (QED) is 0.720. The molecule has 1 aromatic rings. The fraction of sp³-hybridized carbons (Fsp3) is 0.385. The van der Waals surface area contributed by atoms with Crippen molar-refractivity contribution in [2.45, 2.75) is 24.6 Å². The molecule has 0 saturated carbocycles. The van der Waals surface area contributed by atoms with Crippen LogP contribution in [0.5, 0.6) is 0 Å². The van der Waals surface area contributed by atoms with E-state index >= 15 is 0 Å². The van der Waals surface area contributed by atoms with Crippen molar-refractivity contribution in [3.63, 3.8) is 0 Å². The Balaban J connectivity index is 2.36. The highest BCUT2D eigenvalue weighted by molar-refractivity contribution is 6.22. The first-order valence-electron chi connectivity index (χ1n) is 5.71. The molecular formula is C13H14ClNO2. The molecule has 1 N–H and O–H groups in total. The minimum absolute atomic E-state index is 0.0610. The SMILES string of the molecule is O=C1CC(Cl)c2ccccc2C(=O)CCCN1. The van der Waals surface area contributed by atoms with Crippen LogP contribution in [-0.2, 0) is 4.79 Å². The highest BCUT2D eigenvalue weighted by Crippen LogP contribution is 2.28. The van der Waals surface area contributed by atoms with E-state index in [-0.39, 0.29) is 18.1 Å². The molecule has 0 spiro atoms. The number of alkyl halides is 1. The number of benzene rings is 1. The molecule has 3 nitrogen and oxygen atoms in total. The van der Waals surface area contributed by atoms with Crippen molar-refractivity contribution < 1.29 is 9.59 Å². The first-order valence-corrected chi connectivity index (χ1v) is 6.15. The van der Waals surface area contributed by atoms with E-state index in [0.29, 0.717) is 24.9 Å². The normalized spacial score (nSPS) is 21.6. The number of halogens is 1. The Kier molecular flexibility index (Phi) is 3.79. The number of hydrogen-bond donors (Lipinski definition) is 1. The van der Waals surface area contributed by atoms with E-state index in [0.717, 1.165) is 5.56 Å². The molecular weight excluding hydrogens is 238 g/mol. The topological polar surface area (TPSA) is 46.2 Å². The van der Waals surface area contributed by atoms with Crippen molar-refractivity contribution in [1.82, 2.24) is 5.32 Å². The summed E-state index contributed by atoms with van der Waals surface area (Å²) in [6.07, 6.45) is 1.33. The zero-order valence-electron chi connectivity index (χ0n) is 9.41. The highest BCUT2D eigenvalue weighted by atomic mass is 35.5. The van der Waals surface area contributed by atoms with Crippen molar-refractivity contribution in [3.8, 4) is 0 Å². The monoisotopic (exact) mass is 251 g/mol. The Labute approximate surface area is 105 Å². The first kappa shape index (κ1) is 12.1. The molecule has 0 fully saturated rings. The number of carbonyl (C=O) groups excluding carboxylic acids is 2. The summed E-state index contributed by atoms with van der Waals surface area (Å²) < 4.78 is 0. The summed E-state index contributed by atoms with van der Waals surface area (Å²) in [5, 5.41) is 2.32. The van der Waals surface area contributed by atoms with Crippen molar-refractivity contribution in [2.75, 3.05) is 6.54 Å². The van der Waals surface area contributed by atoms with Gasteiger partial charge in [0.25, 0.3) is 0 Å². The second-order valence-electron chi connectivity index (χ2n) is 4.14. The van der Waals surface area contributed by atoms with Gasteiger partial charge >= 0.3 is 0 Å². The van der Waals surface area contributed by atoms with Gasteiger partial charge < -0.3 is 5.32 Å². The molecule has 17 heavy (non-hydrogen) atoms. The van der Waals surface area contributed by atoms with Crippen molar-refractivity contribution in [3.05, 3.63) is 35.4 Å². The smallest absolute Gasteiger partial charge is 0.221 e. The van der Waals surface area contributed by atoms with Crippen LogP contribution in [0.1, 0.15) is 40.6 Å². The Bertz CT molecular complexity index is 445. The predicted molar refractivity (Wildman–Crippen MR) is 66.2 cm³/mol. The van der Waals surface area contributed by atoms with Gasteiger partial charge in [-0.25, -0.2) is 0 Å². The second kappa shape index (κ2) is 5.32. The van der Waals surface area contributed by atoms with Gasteiger partial charge in [-0.05, 0) is 12.0 Å². The van der Waals surface area contributed by atoms with Crippen LogP contribution in [0, 0.1) is 0 Å². The van der Waals surface area contributed by atoms with Crippen molar-refractivity contribution in [1.29, 1.82) is 0 Å². The number of rotatable bonds is 0. The summed E-state index contributed by atoms with van der Waals surface area (Å²) in [4.78, 5) is 23.5. The number of nitrogens with one attached hydrogen (secondary N) is 1. The van der Waals surface area contributed by atoms with Gasteiger partial charge in [0.15, 0.2) is 5.78 Å². The van der Waals surface area contributed by atoms with Gasteiger partial charge in [0.05, 0.1) is 5.38 Å². The third-order valence-electron chi connectivity index (χ3n) is 2.87. The van der Waals surface area contributed by atoms with E-state index in [1.165, 1.54) is 0 Å². The lowest BCUT2D eigenvalue weighted by Crippen LogP contribution is -2.27. The summed E-state index contributed by atoms with van der Waals surface area (Å²) >= 11 is 6.20. The zero-order chi connectivity index (χ0) is 12.3. The number of Topliss-reactive ketones (excluding diaryl/α,β-unsaturated/α-hetero) is 1. The maximum atomic E-state index is 12.0. The minimum Gasteiger partial charge on any atom is -0.356 e. The largest absolute Gasteiger partial charge is 0.356 e. The number of carbonyl (C=O) groups is 2. The molecule has 0 radical (unpaired) electrons. The predicted octanol–water partition coefficient (Wildman–Crippen LogP) is 2.45. The first-order chi connectivity index (χ1) is 8.18. The lowest BCUT2D eigenvalue weighted by molar-refractivity contribution is -0.121. The molecule has 1 aliphatic heterocycles. The third kappa shape index (κ3) is 2.86. The minimum atomic E-state index is -0.437. The summed E-state index contributed by atoms with van der Waals surface area (Å²) in [6.45, 7) is 0.538. The summed E-state index contributed by atoms with van der Waals surface area (Å²) in [7, 11) is 0. The Hall–Kier alpha value is -1.35. The molecule has 1 heterocycles. The molecule has 90 valence electrons. The van der Waals surface area contributed by atoms with Crippen LogP contribution < -0.4 is 5.32 Å². The second-order valence-corrected chi connectivity index (χ2v) is 4.66. The lowest BCUT2D eigenvalue weighted by Gasteiger charge is -2.16. The van der Waals surface area contributed by atoms with Gasteiger partial charge in [-0.1, -0.05) is 24.3 Å². The van der Waals surface area contributed by atoms with Crippen molar-refractivity contribution in [2.24, 2.45) is 0 Å². The van der Waals surface area contributed by atoms with Crippen molar-refractivity contribution >= 4 is 23.3 Å². The molecule has 1 aromatic carbocycles. The van der Waals surface area contributed by atoms with Gasteiger partial charge in [0.2, 0.25) is 5.91 Å². The average molecular weight is 252 g/mol.